The molecule has 0 spiro atoms. The SMILES string of the molecule is CSc1cc(C)ccc1Oc1ccccc1. The number of para-hydroxylation sites is 1. The van der Waals surface area contributed by atoms with Crippen molar-refractivity contribution in [1.29, 1.82) is 0 Å². The van der Waals surface area contributed by atoms with Gasteiger partial charge in [-0.15, -0.1) is 11.8 Å². The van der Waals surface area contributed by atoms with Gasteiger partial charge < -0.3 is 4.74 Å². The number of ether oxygens (including phenoxy) is 1. The number of hydrogen-bond donors (Lipinski definition) is 0. The van der Waals surface area contributed by atoms with Crippen LogP contribution in [0, 0.1) is 6.92 Å². The van der Waals surface area contributed by atoms with Gasteiger partial charge in [0.2, 0.25) is 0 Å². The lowest BCUT2D eigenvalue weighted by Crippen LogP contribution is -1.87. The Bertz CT molecular complexity index is 465. The van der Waals surface area contributed by atoms with Crippen LogP contribution in [0.2, 0.25) is 0 Å². The second kappa shape index (κ2) is 5.08. The summed E-state index contributed by atoms with van der Waals surface area (Å²) in [5.41, 5.74) is 1.25. The molecule has 0 heterocycles. The average molecular weight is 230 g/mol. The molecule has 0 aliphatic carbocycles. The van der Waals surface area contributed by atoms with Crippen LogP contribution in [-0.4, -0.2) is 6.26 Å². The fourth-order valence-electron chi connectivity index (χ4n) is 1.47. The van der Waals surface area contributed by atoms with E-state index in [0.717, 1.165) is 11.5 Å². The molecule has 0 saturated carbocycles. The molecule has 2 aromatic rings. The third-order valence-corrected chi connectivity index (χ3v) is 3.05. The van der Waals surface area contributed by atoms with E-state index >= 15 is 0 Å². The molecule has 2 heteroatoms. The molecule has 0 aliphatic heterocycles. The summed E-state index contributed by atoms with van der Waals surface area (Å²) < 4.78 is 5.83. The molecular formula is C14H14OS. The first-order valence-corrected chi connectivity index (χ1v) is 6.39. The summed E-state index contributed by atoms with van der Waals surface area (Å²) in [6.07, 6.45) is 2.06. The summed E-state index contributed by atoms with van der Waals surface area (Å²) in [7, 11) is 0. The zero-order valence-electron chi connectivity index (χ0n) is 9.44. The Kier molecular flexibility index (Phi) is 3.52. The third-order valence-electron chi connectivity index (χ3n) is 2.29. The molecule has 2 rings (SSSR count). The van der Waals surface area contributed by atoms with Gasteiger partial charge in [-0.3, -0.25) is 0 Å². The van der Waals surface area contributed by atoms with Crippen LogP contribution in [0.1, 0.15) is 5.56 Å². The fraction of sp³-hybridized carbons (Fsp3) is 0.143. The largest absolute Gasteiger partial charge is 0.456 e. The lowest BCUT2D eigenvalue weighted by atomic mass is 10.2. The van der Waals surface area contributed by atoms with E-state index in [1.165, 1.54) is 10.5 Å². The Balaban J connectivity index is 2.28. The Labute approximate surface area is 100 Å². The quantitative estimate of drug-likeness (QED) is 0.717. The van der Waals surface area contributed by atoms with Gasteiger partial charge in [0.1, 0.15) is 11.5 Å². The van der Waals surface area contributed by atoms with Crippen LogP contribution in [0.5, 0.6) is 11.5 Å². The summed E-state index contributed by atoms with van der Waals surface area (Å²) in [5.74, 6) is 1.80. The number of hydrogen-bond acceptors (Lipinski definition) is 2. The zero-order chi connectivity index (χ0) is 11.4. The summed E-state index contributed by atoms with van der Waals surface area (Å²) in [6.45, 7) is 2.09. The van der Waals surface area contributed by atoms with E-state index in [9.17, 15) is 0 Å². The molecular weight excluding hydrogens is 216 g/mol. The van der Waals surface area contributed by atoms with Crippen LogP contribution < -0.4 is 4.74 Å². The summed E-state index contributed by atoms with van der Waals surface area (Å²) >= 11 is 1.70. The van der Waals surface area contributed by atoms with E-state index in [0.29, 0.717) is 0 Å². The average Bonchev–Trinajstić information content (AvgIpc) is 2.33. The highest BCUT2D eigenvalue weighted by molar-refractivity contribution is 7.98. The van der Waals surface area contributed by atoms with E-state index < -0.39 is 0 Å². The number of aryl methyl sites for hydroxylation is 1. The molecule has 0 bridgehead atoms. The van der Waals surface area contributed by atoms with Crippen molar-refractivity contribution in [3.8, 4) is 11.5 Å². The molecule has 0 amide bonds. The molecule has 0 saturated heterocycles. The van der Waals surface area contributed by atoms with Crippen LogP contribution in [-0.2, 0) is 0 Å². The van der Waals surface area contributed by atoms with Gasteiger partial charge in [-0.25, -0.2) is 0 Å². The smallest absolute Gasteiger partial charge is 0.140 e. The van der Waals surface area contributed by atoms with Crippen LogP contribution in [0.25, 0.3) is 0 Å². The van der Waals surface area contributed by atoms with Gasteiger partial charge in [0.05, 0.1) is 4.90 Å². The second-order valence-electron chi connectivity index (χ2n) is 3.57. The topological polar surface area (TPSA) is 9.23 Å². The van der Waals surface area contributed by atoms with E-state index in [1.54, 1.807) is 11.8 Å². The van der Waals surface area contributed by atoms with Crippen molar-refractivity contribution in [3.05, 3.63) is 54.1 Å². The van der Waals surface area contributed by atoms with E-state index in [2.05, 4.69) is 25.3 Å². The number of thioether (sulfide) groups is 1. The van der Waals surface area contributed by atoms with E-state index in [4.69, 9.17) is 4.74 Å². The van der Waals surface area contributed by atoms with Crippen LogP contribution in [0.3, 0.4) is 0 Å². The maximum absolute atomic E-state index is 5.83. The van der Waals surface area contributed by atoms with E-state index in [1.807, 2.05) is 36.4 Å². The monoisotopic (exact) mass is 230 g/mol. The molecule has 0 atom stereocenters. The van der Waals surface area contributed by atoms with Crippen molar-refractivity contribution >= 4 is 11.8 Å². The van der Waals surface area contributed by atoms with Crippen molar-refractivity contribution in [1.82, 2.24) is 0 Å². The molecule has 0 N–H and O–H groups in total. The Hall–Kier alpha value is -1.41. The standard InChI is InChI=1S/C14H14OS/c1-11-8-9-13(14(10-11)16-2)15-12-6-4-3-5-7-12/h3-10H,1-2H3. The highest BCUT2D eigenvalue weighted by Gasteiger charge is 2.03. The van der Waals surface area contributed by atoms with Crippen molar-refractivity contribution in [2.24, 2.45) is 0 Å². The van der Waals surface area contributed by atoms with Gasteiger partial charge >= 0.3 is 0 Å². The molecule has 1 nitrogen and oxygen atoms in total. The zero-order valence-corrected chi connectivity index (χ0v) is 10.3. The molecule has 0 aliphatic rings. The first kappa shape index (κ1) is 11.1. The van der Waals surface area contributed by atoms with Crippen LogP contribution in [0.15, 0.2) is 53.4 Å². The molecule has 0 radical (unpaired) electrons. The van der Waals surface area contributed by atoms with Crippen LogP contribution in [0.4, 0.5) is 0 Å². The molecule has 0 unspecified atom stereocenters. The second-order valence-corrected chi connectivity index (χ2v) is 4.42. The summed E-state index contributed by atoms with van der Waals surface area (Å²) in [5, 5.41) is 0. The van der Waals surface area contributed by atoms with Gasteiger partial charge in [0, 0.05) is 0 Å². The molecule has 0 aromatic heterocycles. The first-order chi connectivity index (χ1) is 7.79. The minimum atomic E-state index is 0.877. The highest BCUT2D eigenvalue weighted by Crippen LogP contribution is 2.32. The number of rotatable bonds is 3. The van der Waals surface area contributed by atoms with Crippen LogP contribution >= 0.6 is 11.8 Å². The molecule has 2 aromatic carbocycles. The number of benzene rings is 2. The van der Waals surface area contributed by atoms with Gasteiger partial charge in [-0.1, -0.05) is 24.3 Å². The minimum absolute atomic E-state index is 0.877. The normalized spacial score (nSPS) is 10.1. The minimum Gasteiger partial charge on any atom is -0.456 e. The Morgan fingerprint density at radius 1 is 1.00 bits per heavy atom. The molecule has 82 valence electrons. The molecule has 16 heavy (non-hydrogen) atoms. The Morgan fingerprint density at radius 3 is 2.44 bits per heavy atom. The third kappa shape index (κ3) is 2.58. The van der Waals surface area contributed by atoms with Gasteiger partial charge in [0.25, 0.3) is 0 Å². The summed E-state index contributed by atoms with van der Waals surface area (Å²) in [6, 6.07) is 16.1. The van der Waals surface area contributed by atoms with E-state index in [-0.39, 0.29) is 0 Å². The van der Waals surface area contributed by atoms with Crippen molar-refractivity contribution in [2.45, 2.75) is 11.8 Å². The predicted molar refractivity (Wildman–Crippen MR) is 69.5 cm³/mol. The van der Waals surface area contributed by atoms with Gasteiger partial charge in [-0.2, -0.15) is 0 Å². The van der Waals surface area contributed by atoms with Crippen molar-refractivity contribution in [3.63, 3.8) is 0 Å². The maximum Gasteiger partial charge on any atom is 0.140 e. The van der Waals surface area contributed by atoms with Crippen molar-refractivity contribution < 1.29 is 4.74 Å². The Morgan fingerprint density at radius 2 is 1.75 bits per heavy atom. The van der Waals surface area contributed by atoms with Gasteiger partial charge in [-0.05, 0) is 43.0 Å². The highest BCUT2D eigenvalue weighted by atomic mass is 32.2. The lowest BCUT2D eigenvalue weighted by Gasteiger charge is -2.10. The molecule has 0 fully saturated rings. The maximum atomic E-state index is 5.83. The fourth-order valence-corrected chi connectivity index (χ4v) is 2.09. The summed E-state index contributed by atoms with van der Waals surface area (Å²) in [4.78, 5) is 1.17. The lowest BCUT2D eigenvalue weighted by molar-refractivity contribution is 0.471. The van der Waals surface area contributed by atoms with Crippen molar-refractivity contribution in [2.75, 3.05) is 6.26 Å². The van der Waals surface area contributed by atoms with Gasteiger partial charge in [0.15, 0.2) is 0 Å². The predicted octanol–water partition coefficient (Wildman–Crippen LogP) is 4.51. The first-order valence-electron chi connectivity index (χ1n) is 5.17.